The topological polar surface area (TPSA) is 169 Å². The number of aryl methyl sites for hydroxylation is 1. The van der Waals surface area contributed by atoms with Gasteiger partial charge in [-0.1, -0.05) is 0 Å². The van der Waals surface area contributed by atoms with Gasteiger partial charge in [0.05, 0.1) is 20.0 Å². The lowest BCUT2D eigenvalue weighted by molar-refractivity contribution is -0.0504. The summed E-state index contributed by atoms with van der Waals surface area (Å²) in [5, 5.41) is 20.3. The van der Waals surface area contributed by atoms with Crippen molar-refractivity contribution in [2.45, 2.75) is 31.5 Å². The van der Waals surface area contributed by atoms with Gasteiger partial charge in [0, 0.05) is 0 Å². The van der Waals surface area contributed by atoms with Gasteiger partial charge in [-0.3, -0.25) is 9.09 Å². The van der Waals surface area contributed by atoms with Crippen LogP contribution in [-0.2, 0) is 13.8 Å². The molecule has 0 radical (unpaired) electrons. The van der Waals surface area contributed by atoms with Gasteiger partial charge in [0.2, 0.25) is 5.88 Å². The molecule has 3 heterocycles. The van der Waals surface area contributed by atoms with Gasteiger partial charge in [-0.15, -0.1) is 0 Å². The first kappa shape index (κ1) is 18.1. The van der Waals surface area contributed by atoms with Crippen LogP contribution in [0, 0.1) is 6.92 Å². The van der Waals surface area contributed by atoms with Gasteiger partial charge >= 0.3 is 7.82 Å². The normalized spacial score (nSPS) is 27.1. The van der Waals surface area contributed by atoms with Crippen molar-refractivity contribution in [3.8, 4) is 5.88 Å². The Kier molecular flexibility index (Phi) is 4.77. The van der Waals surface area contributed by atoms with Crippen LogP contribution in [0.2, 0.25) is 0 Å². The highest BCUT2D eigenvalue weighted by Crippen LogP contribution is 2.39. The van der Waals surface area contributed by atoms with Gasteiger partial charge in [-0.25, -0.2) is 14.5 Å². The summed E-state index contributed by atoms with van der Waals surface area (Å²) in [6, 6.07) is 0. The molecule has 0 spiro atoms. The predicted octanol–water partition coefficient (Wildman–Crippen LogP) is -1.13. The molecule has 1 fully saturated rings. The smallest absolute Gasteiger partial charge is 0.469 e. The molecule has 13 heteroatoms. The van der Waals surface area contributed by atoms with E-state index in [4.69, 9.17) is 19.3 Å². The molecule has 4 N–H and O–H groups in total. The molecule has 0 aliphatic carbocycles. The summed E-state index contributed by atoms with van der Waals surface area (Å²) in [5.41, 5.74) is 0.658. The van der Waals surface area contributed by atoms with E-state index in [2.05, 4.69) is 19.5 Å². The molecule has 25 heavy (non-hydrogen) atoms. The maximum atomic E-state index is 10.8. The van der Waals surface area contributed by atoms with Crippen LogP contribution in [0.4, 0.5) is 0 Å². The van der Waals surface area contributed by atoms with Crippen LogP contribution in [0.15, 0.2) is 6.33 Å². The summed E-state index contributed by atoms with van der Waals surface area (Å²) >= 11 is 0. The average Bonchev–Trinajstić information content (AvgIpc) is 3.06. The van der Waals surface area contributed by atoms with Crippen LogP contribution in [0.25, 0.3) is 11.2 Å². The van der Waals surface area contributed by atoms with E-state index in [-0.39, 0.29) is 5.88 Å². The zero-order chi connectivity index (χ0) is 18.4. The molecule has 0 saturated carbocycles. The van der Waals surface area contributed by atoms with E-state index >= 15 is 0 Å². The second-order valence-corrected chi connectivity index (χ2v) is 6.68. The van der Waals surface area contributed by atoms with Crippen LogP contribution < -0.4 is 4.74 Å². The van der Waals surface area contributed by atoms with Crippen molar-refractivity contribution in [2.24, 2.45) is 0 Å². The number of fused-ring (bicyclic) bond motifs is 1. The number of aliphatic hydroxyl groups excluding tert-OH is 2. The molecular formula is C12H17N4O8P. The van der Waals surface area contributed by atoms with E-state index in [1.807, 2.05) is 0 Å². The molecule has 2 aromatic heterocycles. The highest BCUT2D eigenvalue weighted by molar-refractivity contribution is 7.46. The van der Waals surface area contributed by atoms with Crippen molar-refractivity contribution in [1.29, 1.82) is 0 Å². The van der Waals surface area contributed by atoms with Gasteiger partial charge in [0.1, 0.15) is 24.1 Å². The average molecular weight is 376 g/mol. The Morgan fingerprint density at radius 3 is 2.68 bits per heavy atom. The van der Waals surface area contributed by atoms with Crippen LogP contribution in [0.3, 0.4) is 0 Å². The minimum Gasteiger partial charge on any atom is -0.479 e. The maximum Gasteiger partial charge on any atom is 0.469 e. The second kappa shape index (κ2) is 6.57. The number of rotatable bonds is 5. The molecule has 138 valence electrons. The molecule has 3 rings (SSSR count). The first-order chi connectivity index (χ1) is 11.7. The summed E-state index contributed by atoms with van der Waals surface area (Å²) in [6.07, 6.45) is -3.68. The van der Waals surface area contributed by atoms with E-state index in [0.717, 1.165) is 0 Å². The molecule has 0 aromatic carbocycles. The number of hydrogen-bond acceptors (Lipinski definition) is 9. The monoisotopic (exact) mass is 376 g/mol. The minimum absolute atomic E-state index is 0.246. The molecule has 4 atom stereocenters. The fourth-order valence-corrected chi connectivity index (χ4v) is 2.93. The minimum atomic E-state index is -4.73. The van der Waals surface area contributed by atoms with Crippen LogP contribution in [-0.4, -0.2) is 71.5 Å². The number of phosphoric acid groups is 1. The quantitative estimate of drug-likeness (QED) is 0.466. The Hall–Kier alpha value is -1.66. The van der Waals surface area contributed by atoms with Crippen molar-refractivity contribution in [1.82, 2.24) is 19.5 Å². The van der Waals surface area contributed by atoms with E-state index in [9.17, 15) is 14.8 Å². The molecule has 1 saturated heterocycles. The van der Waals surface area contributed by atoms with Crippen LogP contribution >= 0.6 is 7.82 Å². The number of ether oxygens (including phenoxy) is 2. The lowest BCUT2D eigenvalue weighted by Crippen LogP contribution is -2.33. The van der Waals surface area contributed by atoms with Gasteiger partial charge in [0.25, 0.3) is 0 Å². The van der Waals surface area contributed by atoms with Crippen LogP contribution in [0.5, 0.6) is 5.88 Å². The number of aromatic nitrogens is 4. The molecule has 1 aliphatic rings. The second-order valence-electron chi connectivity index (χ2n) is 5.44. The number of phosphoric ester groups is 1. The van der Waals surface area contributed by atoms with Gasteiger partial charge in [-0.05, 0) is 6.92 Å². The Bertz CT molecular complexity index is 823. The van der Waals surface area contributed by atoms with E-state index in [1.54, 1.807) is 6.92 Å². The van der Waals surface area contributed by atoms with E-state index in [1.165, 1.54) is 18.0 Å². The number of hydrogen-bond donors (Lipinski definition) is 4. The summed E-state index contributed by atoms with van der Waals surface area (Å²) in [4.78, 5) is 30.0. The highest BCUT2D eigenvalue weighted by Gasteiger charge is 2.45. The molecule has 12 nitrogen and oxygen atoms in total. The molecule has 1 aliphatic heterocycles. The molecule has 0 amide bonds. The van der Waals surface area contributed by atoms with Crippen molar-refractivity contribution in [3.63, 3.8) is 0 Å². The largest absolute Gasteiger partial charge is 0.479 e. The summed E-state index contributed by atoms with van der Waals surface area (Å²) in [6.45, 7) is 1.06. The molecular weight excluding hydrogens is 359 g/mol. The van der Waals surface area contributed by atoms with Crippen molar-refractivity contribution >= 4 is 19.0 Å². The zero-order valence-corrected chi connectivity index (χ0v) is 14.1. The maximum absolute atomic E-state index is 10.8. The summed E-state index contributed by atoms with van der Waals surface area (Å²) < 4.78 is 27.2. The molecule has 0 bridgehead atoms. The lowest BCUT2D eigenvalue weighted by Gasteiger charge is -2.16. The first-order valence-electron chi connectivity index (χ1n) is 7.18. The third-order valence-electron chi connectivity index (χ3n) is 3.71. The Balaban J connectivity index is 1.90. The highest BCUT2D eigenvalue weighted by atomic mass is 31.2. The summed E-state index contributed by atoms with van der Waals surface area (Å²) in [5.74, 6) is 0.649. The van der Waals surface area contributed by atoms with Crippen molar-refractivity contribution in [3.05, 3.63) is 12.2 Å². The van der Waals surface area contributed by atoms with Crippen molar-refractivity contribution < 1.29 is 38.6 Å². The molecule has 2 aromatic rings. The fourth-order valence-electron chi connectivity index (χ4n) is 2.59. The van der Waals surface area contributed by atoms with Gasteiger partial charge in [0.15, 0.2) is 17.4 Å². The first-order valence-corrected chi connectivity index (χ1v) is 8.71. The van der Waals surface area contributed by atoms with Gasteiger partial charge < -0.3 is 29.5 Å². The van der Waals surface area contributed by atoms with Crippen molar-refractivity contribution in [2.75, 3.05) is 13.7 Å². The zero-order valence-electron chi connectivity index (χ0n) is 13.3. The Labute approximate surface area is 141 Å². The van der Waals surface area contributed by atoms with Crippen LogP contribution in [0.1, 0.15) is 12.1 Å². The third-order valence-corrected chi connectivity index (χ3v) is 4.20. The molecule has 0 unspecified atom stereocenters. The van der Waals surface area contributed by atoms with E-state index < -0.39 is 39.0 Å². The number of methoxy groups -OCH3 is 1. The Morgan fingerprint density at radius 2 is 2.04 bits per heavy atom. The van der Waals surface area contributed by atoms with Gasteiger partial charge in [-0.2, -0.15) is 4.98 Å². The SMILES string of the molecule is COc1nc(C)nc2c1ncn2[C@@H]1O[C@H](COP(=O)(O)O)[C@@H](O)[C@H]1O. The predicted molar refractivity (Wildman–Crippen MR) is 80.5 cm³/mol. The summed E-state index contributed by atoms with van der Waals surface area (Å²) in [7, 11) is -3.30. The standard InChI is InChI=1S/C12H17N4O8P/c1-5-14-10-7(11(15-5)22-2)13-4-16(10)12-9(18)8(17)6(24-12)3-23-25(19,20)21/h4,6,8-9,12,17-18H,3H2,1-2H3,(H2,19,20,21)/t6-,8-,9-,12-/m1/s1. The fraction of sp³-hybridized carbons (Fsp3) is 0.583. The lowest BCUT2D eigenvalue weighted by atomic mass is 10.1. The van der Waals surface area contributed by atoms with E-state index in [0.29, 0.717) is 17.0 Å². The third kappa shape index (κ3) is 3.51. The Morgan fingerprint density at radius 1 is 1.32 bits per heavy atom. The number of nitrogens with zero attached hydrogens (tertiary/aromatic N) is 4. The number of imidazole rings is 1. The number of aliphatic hydroxyl groups is 2.